The maximum Gasteiger partial charge on any atom is 0.254 e. The maximum atomic E-state index is 13.5. The van der Waals surface area contributed by atoms with E-state index >= 15 is 0 Å². The molecule has 0 saturated carbocycles. The van der Waals surface area contributed by atoms with Crippen LogP contribution in [-0.2, 0) is 4.79 Å². The van der Waals surface area contributed by atoms with Gasteiger partial charge in [0.1, 0.15) is 11.6 Å². The topological polar surface area (TPSA) is 79.8 Å². The van der Waals surface area contributed by atoms with E-state index in [1.54, 1.807) is 18.2 Å². The van der Waals surface area contributed by atoms with Crippen molar-refractivity contribution in [2.24, 2.45) is 5.10 Å². The Hall–Kier alpha value is -2.74. The van der Waals surface area contributed by atoms with Gasteiger partial charge in [0.15, 0.2) is 0 Å². The normalized spacial score (nSPS) is 10.6. The van der Waals surface area contributed by atoms with Gasteiger partial charge in [-0.25, -0.2) is 9.82 Å². The number of carbonyl (C=O) groups excluding carboxylic acids is 2. The molecule has 0 radical (unpaired) electrons. The van der Waals surface area contributed by atoms with Crippen LogP contribution in [0.3, 0.4) is 0 Å². The molecule has 2 aromatic carbocycles. The highest BCUT2D eigenvalue weighted by molar-refractivity contribution is 9.10. The number of hydrazone groups is 1. The number of hydrogen-bond donors (Lipinski definition) is 2. The summed E-state index contributed by atoms with van der Waals surface area (Å²) in [5.41, 5.74) is 3.09. The Morgan fingerprint density at radius 1 is 1.26 bits per heavy atom. The van der Waals surface area contributed by atoms with E-state index in [2.05, 4.69) is 31.8 Å². The van der Waals surface area contributed by atoms with Gasteiger partial charge in [0.2, 0.25) is 5.91 Å². The van der Waals surface area contributed by atoms with Crippen molar-refractivity contribution in [2.45, 2.75) is 13.3 Å². The standard InChI is InChI=1S/C19H19BrFN3O3/c1-2-27-17-8-7-13(11-15(17)20)12-23-24-18(25)9-10-22-19(26)14-5-3-4-6-16(14)21/h3-8,11-12H,2,9-10H2,1H3,(H,22,26)(H,24,25). The minimum atomic E-state index is -0.606. The van der Waals surface area contributed by atoms with Crippen molar-refractivity contribution in [3.8, 4) is 5.75 Å². The Morgan fingerprint density at radius 3 is 2.74 bits per heavy atom. The molecule has 2 aromatic rings. The van der Waals surface area contributed by atoms with Crippen LogP contribution in [-0.4, -0.2) is 31.2 Å². The number of amides is 2. The van der Waals surface area contributed by atoms with E-state index in [1.807, 2.05) is 13.0 Å². The molecule has 0 aliphatic heterocycles. The van der Waals surface area contributed by atoms with Crippen molar-refractivity contribution >= 4 is 34.0 Å². The van der Waals surface area contributed by atoms with Crippen LogP contribution in [0.4, 0.5) is 4.39 Å². The summed E-state index contributed by atoms with van der Waals surface area (Å²) in [4.78, 5) is 23.6. The fourth-order valence-electron chi connectivity index (χ4n) is 2.13. The van der Waals surface area contributed by atoms with Gasteiger partial charge in [-0.05, 0) is 58.7 Å². The van der Waals surface area contributed by atoms with Crippen LogP contribution in [0, 0.1) is 5.82 Å². The summed E-state index contributed by atoms with van der Waals surface area (Å²) in [5, 5.41) is 6.36. The van der Waals surface area contributed by atoms with E-state index in [1.165, 1.54) is 24.4 Å². The third-order valence-corrected chi connectivity index (χ3v) is 4.03. The first-order valence-corrected chi connectivity index (χ1v) is 9.07. The fraction of sp³-hybridized carbons (Fsp3) is 0.211. The SMILES string of the molecule is CCOc1ccc(C=NNC(=O)CCNC(=O)c2ccccc2F)cc1Br. The molecule has 0 saturated heterocycles. The number of nitrogens with one attached hydrogen (secondary N) is 2. The van der Waals surface area contributed by atoms with Crippen LogP contribution in [0.1, 0.15) is 29.3 Å². The molecule has 142 valence electrons. The number of rotatable bonds is 8. The van der Waals surface area contributed by atoms with E-state index < -0.39 is 11.7 Å². The van der Waals surface area contributed by atoms with E-state index in [0.29, 0.717) is 6.61 Å². The van der Waals surface area contributed by atoms with Gasteiger partial charge in [-0.1, -0.05) is 12.1 Å². The first kappa shape index (κ1) is 20.6. The highest BCUT2D eigenvalue weighted by atomic mass is 79.9. The zero-order valence-corrected chi connectivity index (χ0v) is 16.3. The molecule has 0 atom stereocenters. The summed E-state index contributed by atoms with van der Waals surface area (Å²) in [5.74, 6) is -0.816. The molecule has 2 amide bonds. The molecule has 0 spiro atoms. The second-order valence-corrected chi connectivity index (χ2v) is 6.26. The molecule has 6 nitrogen and oxygen atoms in total. The Bertz CT molecular complexity index is 843. The highest BCUT2D eigenvalue weighted by Crippen LogP contribution is 2.25. The number of nitrogens with zero attached hydrogens (tertiary/aromatic N) is 1. The summed E-state index contributed by atoms with van der Waals surface area (Å²) in [6.45, 7) is 2.54. The van der Waals surface area contributed by atoms with Crippen molar-refractivity contribution in [3.63, 3.8) is 0 Å². The van der Waals surface area contributed by atoms with Crippen LogP contribution in [0.25, 0.3) is 0 Å². The summed E-state index contributed by atoms with van der Waals surface area (Å²) in [6.07, 6.45) is 1.51. The van der Waals surface area contributed by atoms with E-state index in [9.17, 15) is 14.0 Å². The molecule has 27 heavy (non-hydrogen) atoms. The third kappa shape index (κ3) is 6.49. The molecule has 2 N–H and O–H groups in total. The average Bonchev–Trinajstić information content (AvgIpc) is 2.64. The Labute approximate surface area is 164 Å². The van der Waals surface area contributed by atoms with Gasteiger partial charge in [0.25, 0.3) is 5.91 Å². The van der Waals surface area contributed by atoms with Crippen molar-refractivity contribution < 1.29 is 18.7 Å². The zero-order chi connectivity index (χ0) is 19.6. The smallest absolute Gasteiger partial charge is 0.254 e. The van der Waals surface area contributed by atoms with E-state index in [4.69, 9.17) is 4.74 Å². The molecule has 0 fully saturated rings. The highest BCUT2D eigenvalue weighted by Gasteiger charge is 2.10. The lowest BCUT2D eigenvalue weighted by atomic mass is 10.2. The lowest BCUT2D eigenvalue weighted by Crippen LogP contribution is -2.29. The molecule has 0 unspecified atom stereocenters. The second-order valence-electron chi connectivity index (χ2n) is 5.40. The van der Waals surface area contributed by atoms with Crippen LogP contribution in [0.15, 0.2) is 52.0 Å². The molecule has 2 rings (SSSR count). The molecule has 0 aromatic heterocycles. The summed E-state index contributed by atoms with van der Waals surface area (Å²) < 4.78 is 19.7. The minimum Gasteiger partial charge on any atom is -0.493 e. The number of benzene rings is 2. The first-order valence-electron chi connectivity index (χ1n) is 8.28. The van der Waals surface area contributed by atoms with Crippen LogP contribution >= 0.6 is 15.9 Å². The van der Waals surface area contributed by atoms with Crippen LogP contribution in [0.5, 0.6) is 5.75 Å². The average molecular weight is 436 g/mol. The lowest BCUT2D eigenvalue weighted by molar-refractivity contribution is -0.120. The first-order chi connectivity index (χ1) is 13.0. The number of hydrogen-bond acceptors (Lipinski definition) is 4. The molecule has 8 heteroatoms. The predicted molar refractivity (Wildman–Crippen MR) is 104 cm³/mol. The summed E-state index contributed by atoms with van der Waals surface area (Å²) >= 11 is 3.40. The second kappa shape index (κ2) is 10.4. The number of halogens is 2. The van der Waals surface area contributed by atoms with Crippen LogP contribution < -0.4 is 15.5 Å². The number of carbonyl (C=O) groups is 2. The lowest BCUT2D eigenvalue weighted by Gasteiger charge is -2.06. The zero-order valence-electron chi connectivity index (χ0n) is 14.7. The van der Waals surface area contributed by atoms with Crippen molar-refractivity contribution in [2.75, 3.05) is 13.2 Å². The molecule has 0 heterocycles. The molecule has 0 aliphatic carbocycles. The fourth-order valence-corrected chi connectivity index (χ4v) is 2.65. The quantitative estimate of drug-likeness (QED) is 0.493. The van der Waals surface area contributed by atoms with Crippen LogP contribution in [0.2, 0.25) is 0 Å². The predicted octanol–water partition coefficient (Wildman–Crippen LogP) is 3.26. The minimum absolute atomic E-state index is 0.0184. The van der Waals surface area contributed by atoms with Gasteiger partial charge >= 0.3 is 0 Å². The summed E-state index contributed by atoms with van der Waals surface area (Å²) in [6, 6.07) is 11.1. The van der Waals surface area contributed by atoms with Crippen molar-refractivity contribution in [3.05, 3.63) is 63.9 Å². The van der Waals surface area contributed by atoms with Crippen molar-refractivity contribution in [1.29, 1.82) is 0 Å². The van der Waals surface area contributed by atoms with E-state index in [0.717, 1.165) is 15.8 Å². The third-order valence-electron chi connectivity index (χ3n) is 3.41. The molecule has 0 bridgehead atoms. The largest absolute Gasteiger partial charge is 0.493 e. The summed E-state index contributed by atoms with van der Waals surface area (Å²) in [7, 11) is 0. The Kier molecular flexibility index (Phi) is 7.94. The van der Waals surface area contributed by atoms with Gasteiger partial charge in [0.05, 0.1) is 22.9 Å². The molecular weight excluding hydrogens is 417 g/mol. The Balaban J connectivity index is 1.76. The maximum absolute atomic E-state index is 13.5. The van der Waals surface area contributed by atoms with Gasteiger partial charge in [-0.15, -0.1) is 0 Å². The Morgan fingerprint density at radius 2 is 2.04 bits per heavy atom. The molecule has 0 aliphatic rings. The number of ether oxygens (including phenoxy) is 1. The van der Waals surface area contributed by atoms with Gasteiger partial charge < -0.3 is 10.1 Å². The van der Waals surface area contributed by atoms with E-state index in [-0.39, 0.29) is 24.4 Å². The van der Waals surface area contributed by atoms with Gasteiger partial charge in [-0.3, -0.25) is 9.59 Å². The van der Waals surface area contributed by atoms with Gasteiger partial charge in [-0.2, -0.15) is 5.10 Å². The van der Waals surface area contributed by atoms with Crippen molar-refractivity contribution in [1.82, 2.24) is 10.7 Å². The molecular formula is C19H19BrFN3O3. The van der Waals surface area contributed by atoms with Gasteiger partial charge in [0, 0.05) is 13.0 Å². The monoisotopic (exact) mass is 435 g/mol.